The van der Waals surface area contributed by atoms with E-state index >= 15 is 0 Å². The van der Waals surface area contributed by atoms with Gasteiger partial charge in [0.15, 0.2) is 0 Å². The summed E-state index contributed by atoms with van der Waals surface area (Å²) < 4.78 is 7.55. The third kappa shape index (κ3) is 2.85. The largest absolute Gasteiger partial charge is 0.496 e. The van der Waals surface area contributed by atoms with E-state index in [9.17, 15) is 4.79 Å². The van der Waals surface area contributed by atoms with Crippen molar-refractivity contribution in [2.75, 3.05) is 20.2 Å². The Hall–Kier alpha value is -2.75. The van der Waals surface area contributed by atoms with Crippen LogP contribution in [0.15, 0.2) is 54.7 Å². The van der Waals surface area contributed by atoms with Crippen LogP contribution in [0.1, 0.15) is 34.7 Å². The van der Waals surface area contributed by atoms with Gasteiger partial charge in [-0.2, -0.15) is 0 Å². The highest BCUT2D eigenvalue weighted by Crippen LogP contribution is 2.34. The molecule has 0 saturated carbocycles. The molecule has 1 amide bonds. The monoisotopic (exact) mass is 348 g/mol. The minimum atomic E-state index is 0.0684. The van der Waals surface area contributed by atoms with Crippen molar-refractivity contribution < 1.29 is 9.53 Å². The summed E-state index contributed by atoms with van der Waals surface area (Å²) in [5.74, 6) is 1.22. The van der Waals surface area contributed by atoms with Gasteiger partial charge in [0, 0.05) is 37.2 Å². The van der Waals surface area contributed by atoms with E-state index < -0.39 is 0 Å². The van der Waals surface area contributed by atoms with E-state index in [4.69, 9.17) is 4.74 Å². The first-order chi connectivity index (χ1) is 12.7. The van der Waals surface area contributed by atoms with Crippen LogP contribution in [-0.4, -0.2) is 35.6 Å². The highest BCUT2D eigenvalue weighted by atomic mass is 16.5. The van der Waals surface area contributed by atoms with Gasteiger partial charge in [-0.25, -0.2) is 0 Å². The topological polar surface area (TPSA) is 34.5 Å². The molecule has 0 atom stereocenters. The number of rotatable bonds is 3. The Balaban J connectivity index is 1.51. The maximum Gasteiger partial charge on any atom is 0.257 e. The van der Waals surface area contributed by atoms with E-state index in [-0.39, 0.29) is 5.91 Å². The number of benzene rings is 2. The molecular formula is C22H24N2O2. The number of likely N-dealkylation sites (tertiary alicyclic amines) is 1. The Labute approximate surface area is 154 Å². The fraction of sp³-hybridized carbons (Fsp3) is 0.318. The van der Waals surface area contributed by atoms with E-state index in [1.165, 1.54) is 16.5 Å². The van der Waals surface area contributed by atoms with Gasteiger partial charge in [-0.15, -0.1) is 0 Å². The lowest BCUT2D eigenvalue weighted by Crippen LogP contribution is -2.38. The zero-order chi connectivity index (χ0) is 18.1. The number of aromatic nitrogens is 1. The van der Waals surface area contributed by atoms with Gasteiger partial charge in [-0.3, -0.25) is 4.79 Å². The Kier molecular flexibility index (Phi) is 4.41. The van der Waals surface area contributed by atoms with E-state index in [0.29, 0.717) is 17.2 Å². The third-order valence-corrected chi connectivity index (χ3v) is 5.49. The van der Waals surface area contributed by atoms with Crippen LogP contribution < -0.4 is 4.74 Å². The van der Waals surface area contributed by atoms with Gasteiger partial charge in [0.1, 0.15) is 5.75 Å². The number of hydrogen-bond donors (Lipinski definition) is 0. The number of aryl methyl sites for hydroxylation is 1. The third-order valence-electron chi connectivity index (χ3n) is 5.49. The summed E-state index contributed by atoms with van der Waals surface area (Å²) in [5, 5.41) is 1.34. The minimum Gasteiger partial charge on any atom is -0.496 e. The maximum atomic E-state index is 12.9. The average molecular weight is 348 g/mol. The molecule has 2 heterocycles. The zero-order valence-electron chi connectivity index (χ0n) is 15.3. The molecule has 0 radical (unpaired) electrons. The molecule has 0 spiro atoms. The molecule has 4 nitrogen and oxygen atoms in total. The predicted molar refractivity (Wildman–Crippen MR) is 104 cm³/mol. The number of fused-ring (bicyclic) bond motifs is 1. The molecule has 3 aromatic rings. The van der Waals surface area contributed by atoms with Crippen LogP contribution in [0.4, 0.5) is 0 Å². The summed E-state index contributed by atoms with van der Waals surface area (Å²) in [6.07, 6.45) is 4.25. The SMILES string of the molecule is COc1ccccc1C(=O)N1CCC(c2cn(C)c3ccccc23)CC1. The molecule has 134 valence electrons. The summed E-state index contributed by atoms with van der Waals surface area (Å²) in [6.45, 7) is 1.57. The van der Waals surface area contributed by atoms with Gasteiger partial charge in [0.25, 0.3) is 5.91 Å². The molecular weight excluding hydrogens is 324 g/mol. The lowest BCUT2D eigenvalue weighted by atomic mass is 9.89. The molecule has 4 heteroatoms. The lowest BCUT2D eigenvalue weighted by molar-refractivity contribution is 0.0710. The maximum absolute atomic E-state index is 12.9. The number of amides is 1. The normalized spacial score (nSPS) is 15.4. The first-order valence-electron chi connectivity index (χ1n) is 9.15. The standard InChI is InChI=1S/C22H24N2O2/c1-23-15-19(17-7-3-5-9-20(17)23)16-11-13-24(14-12-16)22(25)18-8-4-6-10-21(18)26-2/h3-10,15-16H,11-14H2,1-2H3. The molecule has 0 bridgehead atoms. The van der Waals surface area contributed by atoms with Gasteiger partial charge in [-0.1, -0.05) is 30.3 Å². The van der Waals surface area contributed by atoms with Crippen LogP contribution in [0.3, 0.4) is 0 Å². The smallest absolute Gasteiger partial charge is 0.257 e. The summed E-state index contributed by atoms with van der Waals surface area (Å²) in [7, 11) is 3.71. The van der Waals surface area contributed by atoms with Crippen molar-refractivity contribution in [3.63, 3.8) is 0 Å². The molecule has 1 aliphatic heterocycles. The summed E-state index contributed by atoms with van der Waals surface area (Å²) >= 11 is 0. The fourth-order valence-electron chi connectivity index (χ4n) is 4.08. The van der Waals surface area contributed by atoms with Crippen molar-refractivity contribution in [3.8, 4) is 5.75 Å². The van der Waals surface area contributed by atoms with E-state index in [1.807, 2.05) is 29.2 Å². The van der Waals surface area contributed by atoms with Crippen molar-refractivity contribution in [2.24, 2.45) is 7.05 Å². The number of ether oxygens (including phenoxy) is 1. The van der Waals surface area contributed by atoms with Crippen LogP contribution in [0.5, 0.6) is 5.75 Å². The summed E-state index contributed by atoms with van der Waals surface area (Å²) in [5.41, 5.74) is 3.33. The molecule has 0 unspecified atom stereocenters. The van der Waals surface area contributed by atoms with E-state index in [2.05, 4.69) is 42.1 Å². The second-order valence-corrected chi connectivity index (χ2v) is 6.98. The molecule has 26 heavy (non-hydrogen) atoms. The number of nitrogens with zero attached hydrogens (tertiary/aromatic N) is 2. The van der Waals surface area contributed by atoms with Crippen molar-refractivity contribution >= 4 is 16.8 Å². The number of piperidine rings is 1. The molecule has 1 fully saturated rings. The van der Waals surface area contributed by atoms with Crippen molar-refractivity contribution in [2.45, 2.75) is 18.8 Å². The van der Waals surface area contributed by atoms with E-state index in [0.717, 1.165) is 25.9 Å². The molecule has 0 N–H and O–H groups in total. The van der Waals surface area contributed by atoms with Crippen LogP contribution in [0.25, 0.3) is 10.9 Å². The van der Waals surface area contributed by atoms with Gasteiger partial charge in [0.2, 0.25) is 0 Å². The Morgan fingerprint density at radius 3 is 2.50 bits per heavy atom. The molecule has 1 aliphatic rings. The quantitative estimate of drug-likeness (QED) is 0.711. The number of hydrogen-bond acceptors (Lipinski definition) is 2. The zero-order valence-corrected chi connectivity index (χ0v) is 15.3. The van der Waals surface area contributed by atoms with Crippen molar-refractivity contribution in [1.29, 1.82) is 0 Å². The second kappa shape index (κ2) is 6.87. The lowest BCUT2D eigenvalue weighted by Gasteiger charge is -2.32. The summed E-state index contributed by atoms with van der Waals surface area (Å²) in [4.78, 5) is 14.8. The number of para-hydroxylation sites is 2. The first kappa shape index (κ1) is 16.7. The highest BCUT2D eigenvalue weighted by molar-refractivity contribution is 5.97. The first-order valence-corrected chi connectivity index (χ1v) is 9.15. The Morgan fingerprint density at radius 2 is 1.73 bits per heavy atom. The Morgan fingerprint density at radius 1 is 1.04 bits per heavy atom. The van der Waals surface area contributed by atoms with Gasteiger partial charge >= 0.3 is 0 Å². The van der Waals surface area contributed by atoms with Crippen LogP contribution in [-0.2, 0) is 7.05 Å². The van der Waals surface area contributed by atoms with Crippen molar-refractivity contribution in [3.05, 3.63) is 65.9 Å². The number of carbonyl (C=O) groups is 1. The molecule has 0 aliphatic carbocycles. The van der Waals surface area contributed by atoms with Gasteiger partial charge in [-0.05, 0) is 42.5 Å². The Bertz CT molecular complexity index is 936. The minimum absolute atomic E-state index is 0.0684. The molecule has 4 rings (SSSR count). The average Bonchev–Trinajstić information content (AvgIpc) is 3.04. The van der Waals surface area contributed by atoms with Crippen LogP contribution in [0, 0.1) is 0 Å². The molecule has 2 aromatic carbocycles. The van der Waals surface area contributed by atoms with Crippen LogP contribution in [0.2, 0.25) is 0 Å². The highest BCUT2D eigenvalue weighted by Gasteiger charge is 2.27. The fourth-order valence-corrected chi connectivity index (χ4v) is 4.08. The van der Waals surface area contributed by atoms with Crippen molar-refractivity contribution in [1.82, 2.24) is 9.47 Å². The molecule has 1 saturated heterocycles. The number of methoxy groups -OCH3 is 1. The van der Waals surface area contributed by atoms with Gasteiger partial charge in [0.05, 0.1) is 12.7 Å². The molecule has 1 aromatic heterocycles. The van der Waals surface area contributed by atoms with Gasteiger partial charge < -0.3 is 14.2 Å². The number of carbonyl (C=O) groups excluding carboxylic acids is 1. The van der Waals surface area contributed by atoms with E-state index in [1.54, 1.807) is 7.11 Å². The van der Waals surface area contributed by atoms with Crippen LogP contribution >= 0.6 is 0 Å². The second-order valence-electron chi connectivity index (χ2n) is 6.98. The summed E-state index contributed by atoms with van der Waals surface area (Å²) in [6, 6.07) is 16.0. The predicted octanol–water partition coefficient (Wildman–Crippen LogP) is 4.21.